The molecule has 0 fully saturated rings. The van der Waals surface area contributed by atoms with E-state index in [9.17, 15) is 5.11 Å². The van der Waals surface area contributed by atoms with Gasteiger partial charge in [0.25, 0.3) is 0 Å². The van der Waals surface area contributed by atoms with E-state index in [2.05, 4.69) is 4.98 Å². The maximum atomic E-state index is 9.21. The molecule has 0 saturated heterocycles. The highest BCUT2D eigenvalue weighted by molar-refractivity contribution is 5.94. The van der Waals surface area contributed by atoms with Crippen LogP contribution in [0.2, 0.25) is 0 Å². The van der Waals surface area contributed by atoms with Crippen LogP contribution in [-0.2, 0) is 6.61 Å². The van der Waals surface area contributed by atoms with Crippen molar-refractivity contribution < 1.29 is 5.11 Å². The number of rotatable bonds is 2. The number of benzene rings is 1. The molecule has 0 unspecified atom stereocenters. The van der Waals surface area contributed by atoms with Gasteiger partial charge in [-0.2, -0.15) is 0 Å². The first-order valence-corrected chi connectivity index (χ1v) is 4.89. The van der Waals surface area contributed by atoms with E-state index in [-0.39, 0.29) is 6.61 Å². The fourth-order valence-electron chi connectivity index (χ4n) is 1.72. The molecular formula is C12H14N2O. The monoisotopic (exact) mass is 202 g/mol. The summed E-state index contributed by atoms with van der Waals surface area (Å²) < 4.78 is 0. The van der Waals surface area contributed by atoms with Gasteiger partial charge in [0.1, 0.15) is 5.82 Å². The lowest BCUT2D eigenvalue weighted by atomic mass is 10.1. The van der Waals surface area contributed by atoms with Gasteiger partial charge in [-0.1, -0.05) is 24.3 Å². The average molecular weight is 202 g/mol. The average Bonchev–Trinajstić information content (AvgIpc) is 2.27. The SMILES string of the molecule is CN(C)c1ncc(CO)c2ccccc12. The van der Waals surface area contributed by atoms with Crippen LogP contribution in [0.1, 0.15) is 5.56 Å². The Morgan fingerprint density at radius 1 is 1.20 bits per heavy atom. The van der Waals surface area contributed by atoms with E-state index in [1.54, 1.807) is 6.20 Å². The van der Waals surface area contributed by atoms with Gasteiger partial charge < -0.3 is 10.0 Å². The summed E-state index contributed by atoms with van der Waals surface area (Å²) in [5.41, 5.74) is 0.871. The van der Waals surface area contributed by atoms with E-state index in [1.807, 2.05) is 43.3 Å². The number of fused-ring (bicyclic) bond motifs is 1. The standard InChI is InChI=1S/C12H14N2O/c1-14(2)12-11-6-4-3-5-10(11)9(8-15)7-13-12/h3-7,15H,8H2,1-2H3. The summed E-state index contributed by atoms with van der Waals surface area (Å²) in [5, 5.41) is 11.4. The molecule has 0 amide bonds. The van der Waals surface area contributed by atoms with Gasteiger partial charge in [-0.05, 0) is 5.39 Å². The van der Waals surface area contributed by atoms with Crippen LogP contribution in [-0.4, -0.2) is 24.2 Å². The van der Waals surface area contributed by atoms with Crippen molar-refractivity contribution in [3.63, 3.8) is 0 Å². The zero-order valence-electron chi connectivity index (χ0n) is 8.94. The third-order valence-corrected chi connectivity index (χ3v) is 2.45. The van der Waals surface area contributed by atoms with Gasteiger partial charge in [-0.25, -0.2) is 4.98 Å². The summed E-state index contributed by atoms with van der Waals surface area (Å²) in [5.74, 6) is 0.933. The van der Waals surface area contributed by atoms with E-state index in [0.717, 1.165) is 22.2 Å². The fraction of sp³-hybridized carbons (Fsp3) is 0.250. The Labute approximate surface area is 89.0 Å². The van der Waals surface area contributed by atoms with E-state index >= 15 is 0 Å². The van der Waals surface area contributed by atoms with E-state index < -0.39 is 0 Å². The molecule has 1 aromatic carbocycles. The predicted molar refractivity (Wildman–Crippen MR) is 62.0 cm³/mol. The highest BCUT2D eigenvalue weighted by Crippen LogP contribution is 2.25. The van der Waals surface area contributed by atoms with Crippen molar-refractivity contribution >= 4 is 16.6 Å². The summed E-state index contributed by atoms with van der Waals surface area (Å²) in [6, 6.07) is 7.99. The van der Waals surface area contributed by atoms with Gasteiger partial charge in [0.15, 0.2) is 0 Å². The summed E-state index contributed by atoms with van der Waals surface area (Å²) >= 11 is 0. The topological polar surface area (TPSA) is 36.4 Å². The van der Waals surface area contributed by atoms with Crippen molar-refractivity contribution in [2.24, 2.45) is 0 Å². The number of anilines is 1. The lowest BCUT2D eigenvalue weighted by molar-refractivity contribution is 0.283. The van der Waals surface area contributed by atoms with Crippen molar-refractivity contribution in [3.05, 3.63) is 36.0 Å². The predicted octanol–water partition coefficient (Wildman–Crippen LogP) is 1.79. The quantitative estimate of drug-likeness (QED) is 0.806. The maximum absolute atomic E-state index is 9.21. The van der Waals surface area contributed by atoms with Crippen molar-refractivity contribution in [3.8, 4) is 0 Å². The van der Waals surface area contributed by atoms with Crippen molar-refractivity contribution in [1.29, 1.82) is 0 Å². The normalized spacial score (nSPS) is 10.6. The van der Waals surface area contributed by atoms with Crippen LogP contribution in [0.25, 0.3) is 10.8 Å². The molecule has 2 aromatic rings. The molecule has 3 heteroatoms. The first-order chi connectivity index (χ1) is 7.24. The zero-order valence-corrected chi connectivity index (χ0v) is 8.94. The Bertz CT molecular complexity index is 480. The minimum atomic E-state index is 0.0290. The summed E-state index contributed by atoms with van der Waals surface area (Å²) in [4.78, 5) is 6.32. The van der Waals surface area contributed by atoms with Gasteiger partial charge in [-0.15, -0.1) is 0 Å². The summed E-state index contributed by atoms with van der Waals surface area (Å²) in [7, 11) is 3.93. The third-order valence-electron chi connectivity index (χ3n) is 2.45. The molecule has 0 aliphatic rings. The van der Waals surface area contributed by atoms with Crippen LogP contribution in [0.3, 0.4) is 0 Å². The second-order valence-corrected chi connectivity index (χ2v) is 3.71. The maximum Gasteiger partial charge on any atom is 0.135 e. The highest BCUT2D eigenvalue weighted by atomic mass is 16.3. The molecule has 0 bridgehead atoms. The van der Waals surface area contributed by atoms with Gasteiger partial charge in [-0.3, -0.25) is 0 Å². The molecule has 0 aliphatic carbocycles. The number of hydrogen-bond donors (Lipinski definition) is 1. The molecule has 3 nitrogen and oxygen atoms in total. The Morgan fingerprint density at radius 3 is 2.47 bits per heavy atom. The summed E-state index contributed by atoms with van der Waals surface area (Å²) in [6.45, 7) is 0.0290. The molecule has 0 saturated carbocycles. The molecule has 78 valence electrons. The Morgan fingerprint density at radius 2 is 1.87 bits per heavy atom. The minimum Gasteiger partial charge on any atom is -0.392 e. The van der Waals surface area contributed by atoms with E-state index in [4.69, 9.17) is 0 Å². The second-order valence-electron chi connectivity index (χ2n) is 3.71. The van der Waals surface area contributed by atoms with E-state index in [1.165, 1.54) is 0 Å². The zero-order chi connectivity index (χ0) is 10.8. The Balaban J connectivity index is 2.77. The third kappa shape index (κ3) is 1.66. The number of aliphatic hydroxyl groups excluding tert-OH is 1. The van der Waals surface area contributed by atoms with Crippen LogP contribution in [0.15, 0.2) is 30.5 Å². The number of pyridine rings is 1. The van der Waals surface area contributed by atoms with Crippen molar-refractivity contribution in [2.45, 2.75) is 6.61 Å². The van der Waals surface area contributed by atoms with Gasteiger partial charge in [0.2, 0.25) is 0 Å². The Kier molecular flexibility index (Phi) is 2.56. The first kappa shape index (κ1) is 9.93. The van der Waals surface area contributed by atoms with Gasteiger partial charge in [0.05, 0.1) is 6.61 Å². The summed E-state index contributed by atoms with van der Waals surface area (Å²) in [6.07, 6.45) is 1.73. The van der Waals surface area contributed by atoms with Crippen LogP contribution in [0.4, 0.5) is 5.82 Å². The van der Waals surface area contributed by atoms with Crippen molar-refractivity contribution in [1.82, 2.24) is 4.98 Å². The van der Waals surface area contributed by atoms with Crippen LogP contribution in [0, 0.1) is 0 Å². The van der Waals surface area contributed by atoms with Crippen molar-refractivity contribution in [2.75, 3.05) is 19.0 Å². The number of nitrogens with zero attached hydrogens (tertiary/aromatic N) is 2. The molecule has 1 heterocycles. The Hall–Kier alpha value is -1.61. The molecule has 15 heavy (non-hydrogen) atoms. The largest absolute Gasteiger partial charge is 0.392 e. The lowest BCUT2D eigenvalue weighted by Gasteiger charge is -2.15. The van der Waals surface area contributed by atoms with Crippen LogP contribution >= 0.6 is 0 Å². The minimum absolute atomic E-state index is 0.0290. The molecule has 0 radical (unpaired) electrons. The molecule has 0 aliphatic heterocycles. The molecule has 1 aromatic heterocycles. The van der Waals surface area contributed by atoms with E-state index in [0.29, 0.717) is 0 Å². The van der Waals surface area contributed by atoms with Crippen LogP contribution in [0.5, 0.6) is 0 Å². The molecule has 1 N–H and O–H groups in total. The first-order valence-electron chi connectivity index (χ1n) is 4.89. The molecular weight excluding hydrogens is 188 g/mol. The fourth-order valence-corrected chi connectivity index (χ4v) is 1.72. The molecule has 0 spiro atoms. The number of aliphatic hydroxyl groups is 1. The van der Waals surface area contributed by atoms with Gasteiger partial charge >= 0.3 is 0 Å². The van der Waals surface area contributed by atoms with Crippen LogP contribution < -0.4 is 4.90 Å². The molecule has 0 atom stereocenters. The highest BCUT2D eigenvalue weighted by Gasteiger charge is 2.07. The number of hydrogen-bond acceptors (Lipinski definition) is 3. The molecule has 2 rings (SSSR count). The smallest absolute Gasteiger partial charge is 0.135 e. The van der Waals surface area contributed by atoms with Gasteiger partial charge in [0, 0.05) is 31.2 Å². The number of aromatic nitrogens is 1. The lowest BCUT2D eigenvalue weighted by Crippen LogP contribution is -2.11. The second kappa shape index (κ2) is 3.87.